The summed E-state index contributed by atoms with van der Waals surface area (Å²) in [5, 5.41) is 4.15. The number of hydrogen-bond acceptors (Lipinski definition) is 2. The maximum Gasteiger partial charge on any atom is 0.267 e. The lowest BCUT2D eigenvalue weighted by Gasteiger charge is -2.17. The molecular formula is C18H28ClN3O. The molecule has 23 heavy (non-hydrogen) atoms. The van der Waals surface area contributed by atoms with Crippen LogP contribution in [0.1, 0.15) is 36.3 Å². The molecule has 1 heterocycles. The molecule has 2 aromatic rings. The first-order valence-electron chi connectivity index (χ1n) is 8.13. The Morgan fingerprint density at radius 2 is 1.91 bits per heavy atom. The van der Waals surface area contributed by atoms with E-state index in [0.29, 0.717) is 0 Å². The highest BCUT2D eigenvalue weighted by Crippen LogP contribution is 2.20. The topological polar surface area (TPSA) is 37.3 Å². The van der Waals surface area contributed by atoms with Crippen LogP contribution in [-0.4, -0.2) is 41.6 Å². The van der Waals surface area contributed by atoms with Crippen LogP contribution in [0.2, 0.25) is 0 Å². The number of fused-ring (bicyclic) bond motifs is 1. The quantitative estimate of drug-likeness (QED) is 0.786. The van der Waals surface area contributed by atoms with Crippen LogP contribution >= 0.6 is 12.4 Å². The summed E-state index contributed by atoms with van der Waals surface area (Å²) in [6.07, 6.45) is 0.983. The van der Waals surface area contributed by atoms with Gasteiger partial charge in [-0.15, -0.1) is 12.4 Å². The van der Waals surface area contributed by atoms with E-state index in [4.69, 9.17) is 0 Å². The van der Waals surface area contributed by atoms with Gasteiger partial charge in [0.15, 0.2) is 0 Å². The lowest BCUT2D eigenvalue weighted by atomic mass is 10.2. The fourth-order valence-corrected chi connectivity index (χ4v) is 2.82. The Bertz CT molecular complexity index is 647. The number of carbonyl (C=O) groups excluding carboxylic acids is 1. The minimum absolute atomic E-state index is 0. The molecule has 0 aliphatic heterocycles. The third-order valence-corrected chi connectivity index (χ3v) is 4.26. The normalized spacial score (nSPS) is 10.8. The van der Waals surface area contributed by atoms with E-state index in [9.17, 15) is 4.79 Å². The lowest BCUT2D eigenvalue weighted by Crippen LogP contribution is -2.30. The largest absolute Gasteiger partial charge is 0.351 e. The molecular weight excluding hydrogens is 310 g/mol. The number of nitrogens with zero attached hydrogens (tertiary/aromatic N) is 2. The highest BCUT2D eigenvalue weighted by molar-refractivity contribution is 5.98. The monoisotopic (exact) mass is 337 g/mol. The van der Waals surface area contributed by atoms with Crippen molar-refractivity contribution in [3.8, 4) is 0 Å². The number of amides is 1. The molecule has 0 bridgehead atoms. The van der Waals surface area contributed by atoms with Crippen LogP contribution in [0, 0.1) is 6.92 Å². The number of aromatic nitrogens is 1. The second-order valence-electron chi connectivity index (χ2n) is 5.79. The zero-order chi connectivity index (χ0) is 16.1. The molecule has 4 nitrogen and oxygen atoms in total. The number of hydrogen-bond donors (Lipinski definition) is 1. The fourth-order valence-electron chi connectivity index (χ4n) is 2.82. The molecule has 0 atom stereocenters. The number of carbonyl (C=O) groups is 1. The number of nitrogens with one attached hydrogen (secondary N) is 1. The average molecular weight is 338 g/mol. The molecule has 0 aliphatic rings. The van der Waals surface area contributed by atoms with E-state index in [1.807, 2.05) is 17.7 Å². The van der Waals surface area contributed by atoms with E-state index in [-0.39, 0.29) is 18.3 Å². The number of halogens is 1. The van der Waals surface area contributed by atoms with E-state index in [1.54, 1.807) is 0 Å². The Labute approximate surface area is 145 Å². The predicted octanol–water partition coefficient (Wildman–Crippen LogP) is 3.37. The first-order valence-corrected chi connectivity index (χ1v) is 8.13. The maximum atomic E-state index is 12.4. The highest BCUT2D eigenvalue weighted by atomic mass is 35.5. The van der Waals surface area contributed by atoms with Crippen molar-refractivity contribution in [2.45, 2.75) is 27.2 Å². The van der Waals surface area contributed by atoms with Gasteiger partial charge < -0.3 is 14.8 Å². The molecule has 1 aromatic carbocycles. The molecule has 5 heteroatoms. The number of benzene rings is 1. The summed E-state index contributed by atoms with van der Waals surface area (Å²) < 4.78 is 1.97. The van der Waals surface area contributed by atoms with Crippen LogP contribution in [0.25, 0.3) is 10.9 Å². The summed E-state index contributed by atoms with van der Waals surface area (Å²) in [5.41, 5.74) is 3.03. The fraction of sp³-hybridized carbons (Fsp3) is 0.500. The van der Waals surface area contributed by atoms with Gasteiger partial charge in [0.1, 0.15) is 5.69 Å². The Hall–Kier alpha value is -1.52. The second kappa shape index (κ2) is 8.94. The van der Waals surface area contributed by atoms with Crippen molar-refractivity contribution in [3.05, 3.63) is 35.5 Å². The Morgan fingerprint density at radius 3 is 2.57 bits per heavy atom. The Balaban J connectivity index is 0.00000264. The van der Waals surface area contributed by atoms with E-state index in [0.717, 1.165) is 49.2 Å². The number of aryl methyl sites for hydroxylation is 2. The Morgan fingerprint density at radius 1 is 1.22 bits per heavy atom. The van der Waals surface area contributed by atoms with Crippen LogP contribution in [0.15, 0.2) is 24.3 Å². The van der Waals surface area contributed by atoms with Gasteiger partial charge in [-0.25, -0.2) is 0 Å². The molecule has 2 rings (SSSR count). The van der Waals surface area contributed by atoms with Crippen molar-refractivity contribution < 1.29 is 4.79 Å². The first-order chi connectivity index (χ1) is 10.6. The van der Waals surface area contributed by atoms with Crippen LogP contribution in [0.4, 0.5) is 0 Å². The van der Waals surface area contributed by atoms with Crippen LogP contribution in [-0.2, 0) is 7.05 Å². The molecule has 0 unspecified atom stereocenters. The van der Waals surface area contributed by atoms with Crippen LogP contribution in [0.5, 0.6) is 0 Å². The molecule has 0 saturated carbocycles. The minimum Gasteiger partial charge on any atom is -0.351 e. The van der Waals surface area contributed by atoms with E-state index in [2.05, 4.69) is 49.2 Å². The summed E-state index contributed by atoms with van der Waals surface area (Å²) in [4.78, 5) is 14.7. The molecule has 0 fully saturated rings. The summed E-state index contributed by atoms with van der Waals surface area (Å²) in [6.45, 7) is 10.3. The van der Waals surface area contributed by atoms with Gasteiger partial charge in [-0.1, -0.05) is 25.5 Å². The first kappa shape index (κ1) is 19.5. The predicted molar refractivity (Wildman–Crippen MR) is 99.6 cm³/mol. The molecule has 1 aromatic heterocycles. The van der Waals surface area contributed by atoms with Crippen molar-refractivity contribution in [2.75, 3.05) is 26.2 Å². The van der Waals surface area contributed by atoms with Gasteiger partial charge in [0.05, 0.1) is 0 Å². The highest BCUT2D eigenvalue weighted by Gasteiger charge is 2.12. The van der Waals surface area contributed by atoms with Gasteiger partial charge in [0, 0.05) is 24.5 Å². The van der Waals surface area contributed by atoms with E-state index in [1.165, 1.54) is 5.56 Å². The summed E-state index contributed by atoms with van der Waals surface area (Å²) >= 11 is 0. The third-order valence-electron chi connectivity index (χ3n) is 4.26. The van der Waals surface area contributed by atoms with Gasteiger partial charge >= 0.3 is 0 Å². The molecule has 0 saturated heterocycles. The van der Waals surface area contributed by atoms with Crippen molar-refractivity contribution in [2.24, 2.45) is 7.05 Å². The van der Waals surface area contributed by atoms with Gasteiger partial charge in [-0.2, -0.15) is 0 Å². The second-order valence-corrected chi connectivity index (χ2v) is 5.79. The zero-order valence-corrected chi connectivity index (χ0v) is 15.4. The molecule has 0 aliphatic carbocycles. The summed E-state index contributed by atoms with van der Waals surface area (Å²) in [7, 11) is 1.95. The van der Waals surface area contributed by atoms with Gasteiger partial charge in [0.25, 0.3) is 5.91 Å². The summed E-state index contributed by atoms with van der Waals surface area (Å²) in [6, 6.07) is 8.24. The molecule has 0 radical (unpaired) electrons. The van der Waals surface area contributed by atoms with Crippen molar-refractivity contribution in [3.63, 3.8) is 0 Å². The van der Waals surface area contributed by atoms with Gasteiger partial charge in [0.2, 0.25) is 0 Å². The average Bonchev–Trinajstić information content (AvgIpc) is 2.83. The SMILES string of the molecule is CCN(CC)CCCNC(=O)c1cc2cc(C)ccc2n1C.Cl. The molecule has 128 valence electrons. The standard InChI is InChI=1S/C18H27N3O.ClH/c1-5-21(6-2)11-7-10-19-18(22)17-13-15-12-14(3)8-9-16(15)20(17)4;/h8-9,12-13H,5-7,10-11H2,1-4H3,(H,19,22);1H. The maximum absolute atomic E-state index is 12.4. The third kappa shape index (κ3) is 4.72. The van der Waals surface area contributed by atoms with E-state index >= 15 is 0 Å². The Kier molecular flexibility index (Phi) is 7.59. The lowest BCUT2D eigenvalue weighted by molar-refractivity contribution is 0.0944. The number of rotatable bonds is 7. The molecule has 0 spiro atoms. The van der Waals surface area contributed by atoms with Gasteiger partial charge in [-0.05, 0) is 51.2 Å². The smallest absolute Gasteiger partial charge is 0.267 e. The molecule has 1 amide bonds. The van der Waals surface area contributed by atoms with Crippen LogP contribution in [0.3, 0.4) is 0 Å². The zero-order valence-electron chi connectivity index (χ0n) is 14.6. The van der Waals surface area contributed by atoms with Crippen LogP contribution < -0.4 is 5.32 Å². The van der Waals surface area contributed by atoms with Crippen molar-refractivity contribution in [1.29, 1.82) is 0 Å². The molecule has 1 N–H and O–H groups in total. The van der Waals surface area contributed by atoms with Crippen molar-refractivity contribution >= 4 is 29.2 Å². The van der Waals surface area contributed by atoms with Gasteiger partial charge in [-0.3, -0.25) is 4.79 Å². The van der Waals surface area contributed by atoms with Crippen molar-refractivity contribution in [1.82, 2.24) is 14.8 Å². The minimum atomic E-state index is 0. The van der Waals surface area contributed by atoms with E-state index < -0.39 is 0 Å². The summed E-state index contributed by atoms with van der Waals surface area (Å²) in [5.74, 6) is 0.0101.